The maximum absolute atomic E-state index is 13.8. The van der Waals surface area contributed by atoms with E-state index in [-0.39, 0.29) is 17.3 Å². The van der Waals surface area contributed by atoms with E-state index in [1.54, 1.807) is 55.5 Å². The minimum Gasteiger partial charge on any atom is -0.284 e. The molecule has 0 unspecified atom stereocenters. The van der Waals surface area contributed by atoms with Gasteiger partial charge in [-0.1, -0.05) is 46.3 Å². The first-order valence-electron chi connectivity index (χ1n) is 8.89. The van der Waals surface area contributed by atoms with Gasteiger partial charge in [0.15, 0.2) is 5.69 Å². The fourth-order valence-corrected chi connectivity index (χ4v) is 4.17. The lowest BCUT2D eigenvalue weighted by molar-refractivity contribution is -0.141. The first kappa shape index (κ1) is 20.5. The van der Waals surface area contributed by atoms with Crippen LogP contribution >= 0.6 is 27.3 Å². The molecule has 0 saturated carbocycles. The number of aromatic nitrogens is 3. The van der Waals surface area contributed by atoms with Gasteiger partial charge in [0.25, 0.3) is 5.56 Å². The van der Waals surface area contributed by atoms with Crippen molar-refractivity contribution in [1.29, 1.82) is 0 Å². The third-order valence-corrected chi connectivity index (χ3v) is 5.91. The summed E-state index contributed by atoms with van der Waals surface area (Å²) in [5.74, 6) is 0. The van der Waals surface area contributed by atoms with Crippen molar-refractivity contribution in [1.82, 2.24) is 14.8 Å². The summed E-state index contributed by atoms with van der Waals surface area (Å²) in [7, 11) is 0. The molecule has 0 amide bonds. The lowest BCUT2D eigenvalue weighted by Gasteiger charge is -2.07. The molecule has 4 rings (SSSR count). The van der Waals surface area contributed by atoms with Gasteiger partial charge in [-0.25, -0.2) is 4.98 Å². The largest absolute Gasteiger partial charge is 0.433 e. The Kier molecular flexibility index (Phi) is 5.37. The Morgan fingerprint density at radius 1 is 1.20 bits per heavy atom. The number of fused-ring (bicyclic) bond motifs is 1. The van der Waals surface area contributed by atoms with Gasteiger partial charge in [-0.05, 0) is 42.8 Å². The van der Waals surface area contributed by atoms with Crippen LogP contribution in [0.15, 0.2) is 62.8 Å². The Labute approximate surface area is 181 Å². The Bertz CT molecular complexity index is 1270. The maximum atomic E-state index is 13.8. The minimum absolute atomic E-state index is 0.0470. The van der Waals surface area contributed by atoms with Crippen LogP contribution in [-0.4, -0.2) is 20.5 Å². The van der Waals surface area contributed by atoms with E-state index < -0.39 is 23.0 Å². The average Bonchev–Trinajstić information content (AvgIpc) is 3.28. The van der Waals surface area contributed by atoms with E-state index >= 15 is 0 Å². The van der Waals surface area contributed by atoms with Gasteiger partial charge in [-0.15, -0.1) is 0 Å². The van der Waals surface area contributed by atoms with E-state index in [9.17, 15) is 18.0 Å². The number of para-hydroxylation sites is 1. The van der Waals surface area contributed by atoms with Crippen LogP contribution in [0.1, 0.15) is 24.6 Å². The van der Waals surface area contributed by atoms with Crippen molar-refractivity contribution in [3.05, 3.63) is 74.6 Å². The Morgan fingerprint density at radius 2 is 1.90 bits per heavy atom. The molecule has 0 atom stereocenters. The molecule has 5 nitrogen and oxygen atoms in total. The molecule has 1 N–H and O–H groups in total. The zero-order valence-electron chi connectivity index (χ0n) is 15.5. The van der Waals surface area contributed by atoms with Gasteiger partial charge < -0.3 is 0 Å². The maximum Gasteiger partial charge on any atom is 0.433 e. The van der Waals surface area contributed by atoms with E-state index in [2.05, 4.69) is 31.0 Å². The SMILES string of the molecule is CCC(=Nc1ccc(Br)cc1)c1c(C(F)(F)F)[nH]n(-c2nc3ccccc3s2)c1=O. The lowest BCUT2D eigenvalue weighted by Crippen LogP contribution is -2.21. The van der Waals surface area contributed by atoms with Crippen LogP contribution in [0.3, 0.4) is 0 Å². The first-order valence-corrected chi connectivity index (χ1v) is 10.5. The molecule has 0 bridgehead atoms. The summed E-state index contributed by atoms with van der Waals surface area (Å²) >= 11 is 4.44. The van der Waals surface area contributed by atoms with Crippen LogP contribution in [0.5, 0.6) is 0 Å². The highest BCUT2D eigenvalue weighted by molar-refractivity contribution is 9.10. The molecule has 2 heterocycles. The van der Waals surface area contributed by atoms with Crippen LogP contribution in [0.2, 0.25) is 0 Å². The Morgan fingerprint density at radius 3 is 2.53 bits per heavy atom. The highest BCUT2D eigenvalue weighted by Gasteiger charge is 2.39. The summed E-state index contributed by atoms with van der Waals surface area (Å²) in [5, 5.41) is 2.35. The minimum atomic E-state index is -4.76. The molecular formula is C20H14BrF3N4OS. The van der Waals surface area contributed by atoms with Crippen molar-refractivity contribution in [3.63, 3.8) is 0 Å². The highest BCUT2D eigenvalue weighted by Crippen LogP contribution is 2.32. The van der Waals surface area contributed by atoms with E-state index in [1.165, 1.54) is 0 Å². The van der Waals surface area contributed by atoms with Crippen LogP contribution in [-0.2, 0) is 6.18 Å². The number of nitrogens with zero attached hydrogens (tertiary/aromatic N) is 3. The summed E-state index contributed by atoms with van der Waals surface area (Å²) in [4.78, 5) is 21.7. The van der Waals surface area contributed by atoms with E-state index in [0.29, 0.717) is 11.2 Å². The van der Waals surface area contributed by atoms with Gasteiger partial charge in [0.2, 0.25) is 5.13 Å². The highest BCUT2D eigenvalue weighted by atomic mass is 79.9. The summed E-state index contributed by atoms with van der Waals surface area (Å²) in [6, 6.07) is 13.9. The van der Waals surface area contributed by atoms with Gasteiger partial charge in [0.1, 0.15) is 0 Å². The van der Waals surface area contributed by atoms with Crippen LogP contribution in [0.25, 0.3) is 15.3 Å². The molecule has 0 radical (unpaired) electrons. The van der Waals surface area contributed by atoms with Gasteiger partial charge in [-0.3, -0.25) is 14.9 Å². The summed E-state index contributed by atoms with van der Waals surface area (Å²) < 4.78 is 43.8. The molecule has 0 aliphatic heterocycles. The Hall–Kier alpha value is -2.72. The van der Waals surface area contributed by atoms with E-state index in [4.69, 9.17) is 0 Å². The zero-order valence-corrected chi connectivity index (χ0v) is 17.9. The number of hydrogen-bond acceptors (Lipinski definition) is 4. The third kappa shape index (κ3) is 3.84. The van der Waals surface area contributed by atoms with Gasteiger partial charge in [0, 0.05) is 4.47 Å². The number of thiazole rings is 1. The van der Waals surface area contributed by atoms with Crippen molar-refractivity contribution >= 4 is 48.9 Å². The number of H-pyrrole nitrogens is 1. The first-order chi connectivity index (χ1) is 14.3. The fourth-order valence-electron chi connectivity index (χ4n) is 2.98. The predicted octanol–water partition coefficient (Wildman–Crippen LogP) is 6.09. The molecule has 0 saturated heterocycles. The number of rotatable bonds is 4. The topological polar surface area (TPSA) is 63.0 Å². The molecule has 2 aromatic heterocycles. The van der Waals surface area contributed by atoms with Crippen molar-refractivity contribution in [3.8, 4) is 5.13 Å². The zero-order chi connectivity index (χ0) is 21.5. The lowest BCUT2D eigenvalue weighted by atomic mass is 10.1. The number of aromatic amines is 1. The van der Waals surface area contributed by atoms with Crippen LogP contribution < -0.4 is 5.56 Å². The van der Waals surface area contributed by atoms with E-state index in [1.807, 2.05) is 0 Å². The Balaban J connectivity index is 1.92. The molecule has 0 aliphatic rings. The molecule has 30 heavy (non-hydrogen) atoms. The number of nitrogens with one attached hydrogen (secondary N) is 1. The van der Waals surface area contributed by atoms with E-state index in [0.717, 1.165) is 25.2 Å². The second-order valence-corrected chi connectivity index (χ2v) is 8.28. The van der Waals surface area contributed by atoms with Crippen molar-refractivity contribution in [2.75, 3.05) is 0 Å². The normalized spacial score (nSPS) is 12.6. The summed E-state index contributed by atoms with van der Waals surface area (Å²) in [6.45, 7) is 1.66. The van der Waals surface area contributed by atoms with Gasteiger partial charge >= 0.3 is 6.18 Å². The molecule has 0 spiro atoms. The third-order valence-electron chi connectivity index (χ3n) is 4.36. The van der Waals surface area contributed by atoms with Crippen LogP contribution in [0.4, 0.5) is 18.9 Å². The average molecular weight is 495 g/mol. The standard InChI is InChI=1S/C20H14BrF3N4OS/c1-2-13(25-12-9-7-11(21)8-10-12)16-17(20(22,23)24)27-28(18(16)29)19-26-14-5-3-4-6-15(14)30-19/h3-10,27H,2H2,1H3. The monoisotopic (exact) mass is 494 g/mol. The molecule has 10 heteroatoms. The molecule has 2 aromatic carbocycles. The smallest absolute Gasteiger partial charge is 0.284 e. The number of alkyl halides is 3. The number of aliphatic imine (C=N–C) groups is 1. The fraction of sp³-hybridized carbons (Fsp3) is 0.150. The molecule has 0 fully saturated rings. The van der Waals surface area contributed by atoms with Crippen molar-refractivity contribution in [2.24, 2.45) is 4.99 Å². The number of halogens is 4. The summed E-state index contributed by atoms with van der Waals surface area (Å²) in [5.41, 5.74) is -1.36. The molecule has 154 valence electrons. The quantitative estimate of drug-likeness (QED) is 0.349. The number of benzene rings is 2. The van der Waals surface area contributed by atoms with Crippen molar-refractivity contribution < 1.29 is 13.2 Å². The van der Waals surface area contributed by atoms with Crippen LogP contribution in [0, 0.1) is 0 Å². The molecular weight excluding hydrogens is 481 g/mol. The van der Waals surface area contributed by atoms with Crippen molar-refractivity contribution in [2.45, 2.75) is 19.5 Å². The molecule has 0 aliphatic carbocycles. The second kappa shape index (κ2) is 7.84. The second-order valence-electron chi connectivity index (χ2n) is 6.35. The van der Waals surface area contributed by atoms with Gasteiger partial charge in [0.05, 0.1) is 27.2 Å². The summed E-state index contributed by atoms with van der Waals surface area (Å²) in [6.07, 6.45) is -4.61. The van der Waals surface area contributed by atoms with Gasteiger partial charge in [-0.2, -0.15) is 17.9 Å². The number of hydrogen-bond donors (Lipinski definition) is 1. The predicted molar refractivity (Wildman–Crippen MR) is 115 cm³/mol. The molecule has 4 aromatic rings.